The molecule has 0 N–H and O–H groups in total. The van der Waals surface area contributed by atoms with Gasteiger partial charge in [0.05, 0.1) is 31.3 Å². The smallest absolute Gasteiger partial charge is 0.119 e. The summed E-state index contributed by atoms with van der Waals surface area (Å²) in [6.07, 6.45) is 17.2. The topological polar surface area (TPSA) is 24.9 Å². The highest BCUT2D eigenvalue weighted by Gasteiger charge is 2.31. The lowest BCUT2D eigenvalue weighted by molar-refractivity contribution is 0.309. The van der Waals surface area contributed by atoms with Crippen LogP contribution in [-0.2, 0) is 4.74 Å². The van der Waals surface area contributed by atoms with Gasteiger partial charge in [-0.05, 0) is 204 Å². The molecule has 2 aliphatic carbocycles. The van der Waals surface area contributed by atoms with Crippen molar-refractivity contribution in [2.75, 3.05) is 24.0 Å². The number of benzene rings is 13. The zero-order valence-corrected chi connectivity index (χ0v) is 53.7. The highest BCUT2D eigenvalue weighted by Crippen LogP contribution is 2.57. The summed E-state index contributed by atoms with van der Waals surface area (Å²) in [6, 6.07) is 83.5. The molecule has 13 aromatic rings. The van der Waals surface area contributed by atoms with Gasteiger partial charge in [-0.1, -0.05) is 234 Å². The Morgan fingerprint density at radius 1 is 0.489 bits per heavy atom. The molecule has 0 fully saturated rings. The van der Waals surface area contributed by atoms with Crippen LogP contribution in [0.1, 0.15) is 65.5 Å². The van der Waals surface area contributed by atoms with Gasteiger partial charge in [0, 0.05) is 44.0 Å². The van der Waals surface area contributed by atoms with Crippen LogP contribution in [0.3, 0.4) is 0 Å². The lowest BCUT2D eigenvalue weighted by Gasteiger charge is -2.34. The molecule has 2 aliphatic rings. The van der Waals surface area contributed by atoms with E-state index in [9.17, 15) is 0 Å². The molecular formula is C88H74N2O2. The van der Waals surface area contributed by atoms with Crippen LogP contribution in [-0.4, -0.2) is 14.2 Å². The monoisotopic (exact) mass is 1190 g/mol. The molecule has 4 heteroatoms. The van der Waals surface area contributed by atoms with Gasteiger partial charge in [-0.25, -0.2) is 0 Å². The second-order valence-corrected chi connectivity index (χ2v) is 23.8. The zero-order valence-electron chi connectivity index (χ0n) is 53.7. The largest absolute Gasteiger partial charge is 0.497 e. The maximum atomic E-state index is 5.86. The highest BCUT2D eigenvalue weighted by atomic mass is 16.5. The summed E-state index contributed by atoms with van der Waals surface area (Å²) in [7, 11) is 3.42. The van der Waals surface area contributed by atoms with Crippen molar-refractivity contribution >= 4 is 109 Å². The van der Waals surface area contributed by atoms with E-state index < -0.39 is 0 Å². The Morgan fingerprint density at radius 3 is 1.57 bits per heavy atom. The summed E-state index contributed by atoms with van der Waals surface area (Å²) in [6.45, 7) is 17.2. The van der Waals surface area contributed by atoms with Crippen molar-refractivity contribution in [3.63, 3.8) is 0 Å². The number of hydrogen-bond acceptors (Lipinski definition) is 4. The third kappa shape index (κ3) is 9.95. The Morgan fingerprint density at radius 2 is 0.989 bits per heavy atom. The SMILES string of the molecule is C=C(/C=C\C(=C/C)N(\C(CCC)=C(C)/C=C\C=C1/C=C(C)c2ccccc21)c1c2ccccc2c(-c2c3ccccc3c(N(c3ccc(OC)cc3)c3ccc4c5c(cccc35)-c3ccccc3-4)c3cc4ccccc4cc23)c2cc3ccccc3cc12)OC.CC. The molecular weight excluding hydrogens is 1120 g/mol. The van der Waals surface area contributed by atoms with Gasteiger partial charge in [-0.3, -0.25) is 0 Å². The first-order valence-electron chi connectivity index (χ1n) is 32.3. The number of nitrogens with zero attached hydrogens (tertiary/aromatic N) is 2. The number of allylic oxidation sites excluding steroid dienone is 11. The fourth-order valence-corrected chi connectivity index (χ4v) is 14.5. The summed E-state index contributed by atoms with van der Waals surface area (Å²) in [5.74, 6) is 1.38. The van der Waals surface area contributed by atoms with Gasteiger partial charge in [0.25, 0.3) is 0 Å². The predicted molar refractivity (Wildman–Crippen MR) is 398 cm³/mol. The number of ether oxygens (including phenoxy) is 2. The first-order valence-corrected chi connectivity index (χ1v) is 32.3. The van der Waals surface area contributed by atoms with E-state index in [0.717, 1.165) is 90.1 Å². The van der Waals surface area contributed by atoms with E-state index >= 15 is 0 Å². The molecule has 0 atom stereocenters. The minimum atomic E-state index is 0.578. The molecule has 0 heterocycles. The molecule has 4 nitrogen and oxygen atoms in total. The van der Waals surface area contributed by atoms with Crippen LogP contribution in [0, 0.1) is 0 Å². The quantitative estimate of drug-likeness (QED) is 0.0580. The van der Waals surface area contributed by atoms with Gasteiger partial charge in [0.2, 0.25) is 0 Å². The van der Waals surface area contributed by atoms with Crippen LogP contribution in [0.15, 0.2) is 296 Å². The number of fused-ring (bicyclic) bond motifs is 10. The Balaban J connectivity index is 0.00000364. The van der Waals surface area contributed by atoms with Crippen molar-refractivity contribution < 1.29 is 9.47 Å². The Kier molecular flexibility index (Phi) is 15.8. The maximum absolute atomic E-state index is 5.86. The van der Waals surface area contributed by atoms with Crippen LogP contribution in [0.4, 0.5) is 22.7 Å². The van der Waals surface area contributed by atoms with Crippen molar-refractivity contribution in [3.8, 4) is 39.1 Å². The summed E-state index contributed by atoms with van der Waals surface area (Å²) in [5.41, 5.74) is 20.2. The van der Waals surface area contributed by atoms with Crippen LogP contribution < -0.4 is 14.5 Å². The first-order chi connectivity index (χ1) is 45.2. The molecule has 0 radical (unpaired) electrons. The Bertz CT molecular complexity index is 5310. The minimum Gasteiger partial charge on any atom is -0.497 e. The van der Waals surface area contributed by atoms with E-state index in [1.165, 1.54) is 99.2 Å². The van der Waals surface area contributed by atoms with Crippen molar-refractivity contribution in [3.05, 3.63) is 307 Å². The number of anilines is 4. The Hall–Kier alpha value is -10.9. The van der Waals surface area contributed by atoms with E-state index in [1.54, 1.807) is 14.2 Å². The fraction of sp³-hybridized carbons (Fsp3) is 0.114. The summed E-state index contributed by atoms with van der Waals surface area (Å²) < 4.78 is 11.6. The van der Waals surface area contributed by atoms with Crippen LogP contribution in [0.2, 0.25) is 0 Å². The van der Waals surface area contributed by atoms with Crippen LogP contribution in [0.5, 0.6) is 5.75 Å². The van der Waals surface area contributed by atoms with Gasteiger partial charge < -0.3 is 19.3 Å². The average Bonchev–Trinajstić information content (AvgIpc) is 0.761. The molecule has 0 bridgehead atoms. The molecule has 0 aliphatic heterocycles. The lowest BCUT2D eigenvalue weighted by Crippen LogP contribution is -2.23. The highest BCUT2D eigenvalue weighted by molar-refractivity contribution is 6.33. The molecule has 0 aromatic heterocycles. The molecule has 13 aromatic carbocycles. The molecule has 0 saturated heterocycles. The number of methoxy groups -OCH3 is 2. The van der Waals surface area contributed by atoms with Crippen LogP contribution >= 0.6 is 0 Å². The third-order valence-corrected chi connectivity index (χ3v) is 18.6. The first kappa shape index (κ1) is 58.7. The summed E-state index contributed by atoms with van der Waals surface area (Å²) >= 11 is 0. The number of rotatable bonds is 15. The van der Waals surface area contributed by atoms with E-state index in [4.69, 9.17) is 9.47 Å². The van der Waals surface area contributed by atoms with E-state index in [2.05, 4.69) is 305 Å². The minimum absolute atomic E-state index is 0.578. The Labute approximate surface area is 540 Å². The molecule has 0 unspecified atom stereocenters. The fourth-order valence-electron chi connectivity index (χ4n) is 14.5. The molecule has 0 saturated carbocycles. The third-order valence-electron chi connectivity index (χ3n) is 18.6. The second kappa shape index (κ2) is 24.8. The van der Waals surface area contributed by atoms with E-state index in [0.29, 0.717) is 5.76 Å². The normalized spacial score (nSPS) is 13.4. The predicted octanol–water partition coefficient (Wildman–Crippen LogP) is 25.1. The van der Waals surface area contributed by atoms with E-state index in [-0.39, 0.29) is 0 Å². The van der Waals surface area contributed by atoms with Gasteiger partial charge in [-0.2, -0.15) is 0 Å². The van der Waals surface area contributed by atoms with Gasteiger partial charge in [0.1, 0.15) is 11.5 Å². The number of hydrogen-bond donors (Lipinski definition) is 0. The van der Waals surface area contributed by atoms with Gasteiger partial charge in [-0.15, -0.1) is 0 Å². The summed E-state index contributed by atoms with van der Waals surface area (Å²) in [5, 5.41) is 16.3. The summed E-state index contributed by atoms with van der Waals surface area (Å²) in [4.78, 5) is 5.08. The molecule has 448 valence electrons. The maximum Gasteiger partial charge on any atom is 0.119 e. The van der Waals surface area contributed by atoms with E-state index in [1.807, 2.05) is 19.9 Å². The molecule has 15 rings (SSSR count). The van der Waals surface area contributed by atoms with Crippen molar-refractivity contribution in [1.29, 1.82) is 0 Å². The molecule has 0 amide bonds. The average molecular weight is 1190 g/mol. The van der Waals surface area contributed by atoms with Crippen molar-refractivity contribution in [1.82, 2.24) is 0 Å². The van der Waals surface area contributed by atoms with Crippen LogP contribution in [0.25, 0.3) is 120 Å². The molecule has 92 heavy (non-hydrogen) atoms. The standard InChI is InChI=1S/C86H68N2O2.C2H6/c1-8-24-80(54(3)25-22-30-61-49-55(4)65-31-14-15-32-66(61)65)87(62(9-2)42-41-56(5)89-6)85-73-37-20-18-35-70(73)83(76-50-57-26-10-12-28-59(57)52-78(76)85)84-71-36-19-21-38-74(71)86(79-53-60-29-13-11-27-58(60)51-77(79)84)88(63-43-45-64(90-7)46-44-63)81-48-47-72-68-34-17-16-33-67(68)69-39-23-40-75(81)82(69)72;1-2/h9-23,25-53H,5,8,24H2,1-4,6-7H3;1-2H3/b25-22-,42-41-,61-30+,62-9+,80-54-;. The molecule has 0 spiro atoms. The van der Waals surface area contributed by atoms with Crippen molar-refractivity contribution in [2.24, 2.45) is 0 Å². The van der Waals surface area contributed by atoms with Crippen molar-refractivity contribution in [2.45, 2.75) is 54.4 Å². The zero-order chi connectivity index (χ0) is 63.1. The lowest BCUT2D eigenvalue weighted by atomic mass is 9.83. The van der Waals surface area contributed by atoms with Gasteiger partial charge >= 0.3 is 0 Å². The van der Waals surface area contributed by atoms with Gasteiger partial charge in [0.15, 0.2) is 0 Å². The second-order valence-electron chi connectivity index (χ2n) is 23.8.